The van der Waals surface area contributed by atoms with Crippen LogP contribution in [0.15, 0.2) is 9.52 Å². The lowest BCUT2D eigenvalue weighted by Gasteiger charge is -2.24. The van der Waals surface area contributed by atoms with Crippen molar-refractivity contribution >= 4 is 11.9 Å². The Kier molecular flexibility index (Phi) is 7.74. The molecule has 7 heteroatoms. The van der Waals surface area contributed by atoms with Gasteiger partial charge in [0.15, 0.2) is 5.96 Å². The zero-order chi connectivity index (χ0) is 18.2. The van der Waals surface area contributed by atoms with Crippen molar-refractivity contribution < 1.29 is 9.32 Å². The summed E-state index contributed by atoms with van der Waals surface area (Å²) in [5, 5.41) is 13.4. The first-order valence-corrected chi connectivity index (χ1v) is 8.58. The van der Waals surface area contributed by atoms with Crippen LogP contribution in [0.2, 0.25) is 0 Å². The van der Waals surface area contributed by atoms with Gasteiger partial charge in [-0.1, -0.05) is 19.0 Å². The second-order valence-electron chi connectivity index (χ2n) is 6.26. The lowest BCUT2D eigenvalue weighted by molar-refractivity contribution is -0.128. The number of hydrogen-bond acceptors (Lipinski definition) is 4. The van der Waals surface area contributed by atoms with E-state index < -0.39 is 5.41 Å². The molecular weight excluding hydrogens is 306 g/mol. The molecule has 0 aromatic carbocycles. The zero-order valence-electron chi connectivity index (χ0n) is 15.7. The Bertz CT molecular complexity index is 542. The summed E-state index contributed by atoms with van der Waals surface area (Å²) in [4.78, 5) is 16.3. The number of aromatic nitrogens is 1. The highest BCUT2D eigenvalue weighted by Gasteiger charge is 2.27. The third-order valence-electron chi connectivity index (χ3n) is 3.91. The molecule has 0 unspecified atom stereocenters. The van der Waals surface area contributed by atoms with Gasteiger partial charge in [-0.05, 0) is 27.2 Å². The molecule has 136 valence electrons. The molecule has 0 spiro atoms. The predicted octanol–water partition coefficient (Wildman–Crippen LogP) is 1.63. The summed E-state index contributed by atoms with van der Waals surface area (Å²) in [5.74, 6) is 1.57. The molecule has 1 amide bonds. The highest BCUT2D eigenvalue weighted by molar-refractivity contribution is 5.84. The van der Waals surface area contributed by atoms with E-state index in [-0.39, 0.29) is 5.91 Å². The molecule has 24 heavy (non-hydrogen) atoms. The van der Waals surface area contributed by atoms with Crippen LogP contribution in [0.25, 0.3) is 0 Å². The minimum Gasteiger partial charge on any atom is -0.361 e. The monoisotopic (exact) mass is 337 g/mol. The number of nitrogens with one attached hydrogen (secondary N) is 3. The van der Waals surface area contributed by atoms with Gasteiger partial charge in [-0.2, -0.15) is 0 Å². The molecule has 7 nitrogen and oxygen atoms in total. The maximum absolute atomic E-state index is 12.0. The summed E-state index contributed by atoms with van der Waals surface area (Å²) in [6.07, 6.45) is 1.64. The minimum atomic E-state index is -0.520. The first kappa shape index (κ1) is 20.0. The van der Waals surface area contributed by atoms with Crippen molar-refractivity contribution in [1.29, 1.82) is 0 Å². The van der Waals surface area contributed by atoms with Crippen molar-refractivity contribution in [2.45, 2.75) is 54.0 Å². The van der Waals surface area contributed by atoms with Crippen LogP contribution < -0.4 is 16.0 Å². The van der Waals surface area contributed by atoms with E-state index in [1.165, 1.54) is 0 Å². The molecule has 1 rings (SSSR count). The van der Waals surface area contributed by atoms with Gasteiger partial charge in [0.05, 0.1) is 11.1 Å². The molecule has 3 N–H and O–H groups in total. The molecule has 0 aliphatic heterocycles. The van der Waals surface area contributed by atoms with Crippen LogP contribution in [0.1, 0.15) is 51.6 Å². The number of aliphatic imine (C=N–C) groups is 1. The van der Waals surface area contributed by atoms with Gasteiger partial charge in [-0.15, -0.1) is 0 Å². The van der Waals surface area contributed by atoms with Crippen molar-refractivity contribution in [2.75, 3.05) is 20.1 Å². The fourth-order valence-electron chi connectivity index (χ4n) is 2.32. The SMILES string of the molecule is CCNC(=O)C(C)(C)CNC(=NC)NCc1c(CC)noc1CC. The van der Waals surface area contributed by atoms with Crippen LogP contribution in [-0.2, 0) is 24.2 Å². The third-order valence-corrected chi connectivity index (χ3v) is 3.91. The number of guanidine groups is 1. The van der Waals surface area contributed by atoms with Gasteiger partial charge in [0.1, 0.15) is 5.76 Å². The third kappa shape index (κ3) is 5.25. The summed E-state index contributed by atoms with van der Waals surface area (Å²) in [6, 6.07) is 0. The standard InChI is InChI=1S/C17H31N5O2/c1-7-13-12(14(8-2)24-22-13)10-20-16(18-6)21-11-17(4,5)15(23)19-9-3/h7-11H2,1-6H3,(H,19,23)(H2,18,20,21). The van der Waals surface area contributed by atoms with Gasteiger partial charge in [0.25, 0.3) is 0 Å². The summed E-state index contributed by atoms with van der Waals surface area (Å²) in [7, 11) is 1.71. The van der Waals surface area contributed by atoms with E-state index in [0.29, 0.717) is 25.6 Å². The van der Waals surface area contributed by atoms with Gasteiger partial charge in [0, 0.05) is 38.7 Å². The number of rotatable bonds is 8. The highest BCUT2D eigenvalue weighted by Crippen LogP contribution is 2.16. The molecule has 0 saturated heterocycles. The molecule has 0 radical (unpaired) electrons. The lowest BCUT2D eigenvalue weighted by Crippen LogP contribution is -2.47. The van der Waals surface area contributed by atoms with E-state index in [0.717, 1.165) is 29.9 Å². The Morgan fingerprint density at radius 1 is 1.17 bits per heavy atom. The quantitative estimate of drug-likeness (QED) is 0.495. The summed E-state index contributed by atoms with van der Waals surface area (Å²) < 4.78 is 5.37. The number of nitrogens with zero attached hydrogens (tertiary/aromatic N) is 2. The van der Waals surface area contributed by atoms with Crippen LogP contribution in [0.3, 0.4) is 0 Å². The molecular formula is C17H31N5O2. The number of carbonyl (C=O) groups excluding carboxylic acids is 1. The Morgan fingerprint density at radius 3 is 2.42 bits per heavy atom. The van der Waals surface area contributed by atoms with Crippen LogP contribution in [-0.4, -0.2) is 37.2 Å². The Morgan fingerprint density at radius 2 is 1.88 bits per heavy atom. The maximum Gasteiger partial charge on any atom is 0.227 e. The molecule has 1 aromatic heterocycles. The van der Waals surface area contributed by atoms with Gasteiger partial charge in [-0.25, -0.2) is 0 Å². The number of hydrogen-bond donors (Lipinski definition) is 3. The van der Waals surface area contributed by atoms with Crippen LogP contribution in [0.5, 0.6) is 0 Å². The second-order valence-corrected chi connectivity index (χ2v) is 6.26. The zero-order valence-corrected chi connectivity index (χ0v) is 15.7. The van der Waals surface area contributed by atoms with Crippen LogP contribution in [0.4, 0.5) is 0 Å². The lowest BCUT2D eigenvalue weighted by atomic mass is 9.92. The molecule has 1 aromatic rings. The summed E-state index contributed by atoms with van der Waals surface area (Å²) >= 11 is 0. The molecule has 0 aliphatic carbocycles. The van der Waals surface area contributed by atoms with Crippen molar-refractivity contribution in [2.24, 2.45) is 10.4 Å². The van der Waals surface area contributed by atoms with E-state index in [2.05, 4.69) is 33.0 Å². The minimum absolute atomic E-state index is 0.0218. The molecule has 0 aliphatic rings. The predicted molar refractivity (Wildman–Crippen MR) is 95.9 cm³/mol. The maximum atomic E-state index is 12.0. The molecule has 1 heterocycles. The van der Waals surface area contributed by atoms with Crippen LogP contribution in [0, 0.1) is 5.41 Å². The normalized spacial score (nSPS) is 12.2. The topological polar surface area (TPSA) is 91.5 Å². The molecule has 0 bridgehead atoms. The second kappa shape index (κ2) is 9.30. The van der Waals surface area contributed by atoms with Gasteiger partial charge in [-0.3, -0.25) is 9.79 Å². The van der Waals surface area contributed by atoms with Crippen molar-refractivity contribution in [3.05, 3.63) is 17.0 Å². The van der Waals surface area contributed by atoms with E-state index in [1.807, 2.05) is 27.7 Å². The smallest absolute Gasteiger partial charge is 0.227 e. The first-order valence-electron chi connectivity index (χ1n) is 8.58. The first-order chi connectivity index (χ1) is 11.4. The van der Waals surface area contributed by atoms with Crippen molar-refractivity contribution in [3.63, 3.8) is 0 Å². The molecule has 0 saturated carbocycles. The Labute approximate surface area is 144 Å². The molecule has 0 atom stereocenters. The average molecular weight is 337 g/mol. The van der Waals surface area contributed by atoms with E-state index >= 15 is 0 Å². The van der Waals surface area contributed by atoms with Crippen molar-refractivity contribution in [1.82, 2.24) is 21.1 Å². The number of amides is 1. The number of carbonyl (C=O) groups is 1. The summed E-state index contributed by atoms with van der Waals surface area (Å²) in [6.45, 7) is 11.5. The van der Waals surface area contributed by atoms with Gasteiger partial charge < -0.3 is 20.5 Å². The van der Waals surface area contributed by atoms with Gasteiger partial charge in [0.2, 0.25) is 5.91 Å². The number of aryl methyl sites for hydroxylation is 2. The largest absolute Gasteiger partial charge is 0.361 e. The highest BCUT2D eigenvalue weighted by atomic mass is 16.5. The van der Waals surface area contributed by atoms with E-state index in [1.54, 1.807) is 7.05 Å². The average Bonchev–Trinajstić information content (AvgIpc) is 2.97. The fraction of sp³-hybridized carbons (Fsp3) is 0.706. The van der Waals surface area contributed by atoms with E-state index in [9.17, 15) is 4.79 Å². The van der Waals surface area contributed by atoms with Crippen molar-refractivity contribution in [3.8, 4) is 0 Å². The van der Waals surface area contributed by atoms with Crippen LogP contribution >= 0.6 is 0 Å². The molecule has 0 fully saturated rings. The Balaban J connectivity index is 2.64. The van der Waals surface area contributed by atoms with Gasteiger partial charge >= 0.3 is 0 Å². The summed E-state index contributed by atoms with van der Waals surface area (Å²) in [5.41, 5.74) is 1.54. The Hall–Kier alpha value is -2.05. The van der Waals surface area contributed by atoms with E-state index in [4.69, 9.17) is 4.52 Å². The fourth-order valence-corrected chi connectivity index (χ4v) is 2.32.